The second-order valence-corrected chi connectivity index (χ2v) is 8.51. The minimum absolute atomic E-state index is 0.114. The van der Waals surface area contributed by atoms with E-state index in [9.17, 15) is 4.79 Å². The van der Waals surface area contributed by atoms with Crippen LogP contribution in [0.1, 0.15) is 29.2 Å². The Morgan fingerprint density at radius 2 is 2.19 bits per heavy atom. The van der Waals surface area contributed by atoms with Crippen molar-refractivity contribution >= 4 is 46.1 Å². The lowest BCUT2D eigenvalue weighted by Gasteiger charge is -2.21. The van der Waals surface area contributed by atoms with E-state index < -0.39 is 4.87 Å². The van der Waals surface area contributed by atoms with Gasteiger partial charge in [-0.1, -0.05) is 60.6 Å². The van der Waals surface area contributed by atoms with Gasteiger partial charge in [-0.25, -0.2) is 0 Å². The predicted octanol–water partition coefficient (Wildman–Crippen LogP) is 4.35. The summed E-state index contributed by atoms with van der Waals surface area (Å²) in [5, 5.41) is 8.93. The highest BCUT2D eigenvalue weighted by Gasteiger charge is 2.52. The van der Waals surface area contributed by atoms with Crippen molar-refractivity contribution in [3.63, 3.8) is 0 Å². The fourth-order valence-electron chi connectivity index (χ4n) is 3.74. The van der Waals surface area contributed by atoms with Crippen LogP contribution in [0.25, 0.3) is 6.08 Å². The minimum Gasteiger partial charge on any atom is -0.323 e. The quantitative estimate of drug-likeness (QED) is 0.772. The second-order valence-electron chi connectivity index (χ2n) is 6.87. The average molecular weight is 382 g/mol. The lowest BCUT2D eigenvalue weighted by molar-refractivity contribution is -0.118. The van der Waals surface area contributed by atoms with Gasteiger partial charge in [0.15, 0.2) is 0 Å². The minimum atomic E-state index is -0.950. The highest BCUT2D eigenvalue weighted by molar-refractivity contribution is 8.16. The van der Waals surface area contributed by atoms with Crippen molar-refractivity contribution in [2.75, 3.05) is 5.32 Å². The molecule has 5 rings (SSSR count). The van der Waals surface area contributed by atoms with Crippen molar-refractivity contribution in [2.24, 2.45) is 11.0 Å². The van der Waals surface area contributed by atoms with Crippen LogP contribution in [0.4, 0.5) is 5.69 Å². The molecule has 6 heteroatoms. The lowest BCUT2D eigenvalue weighted by atomic mass is 9.88. The molecule has 2 aromatic carbocycles. The number of fused-ring (bicyclic) bond motifs is 3. The van der Waals surface area contributed by atoms with Crippen LogP contribution < -0.4 is 10.7 Å². The van der Waals surface area contributed by atoms with Gasteiger partial charge in [0.05, 0.1) is 0 Å². The number of hydrazone groups is 1. The molecule has 0 bridgehead atoms. The maximum absolute atomic E-state index is 12.8. The zero-order valence-corrected chi connectivity index (χ0v) is 15.6. The van der Waals surface area contributed by atoms with Gasteiger partial charge < -0.3 is 5.32 Å². The van der Waals surface area contributed by atoms with Crippen molar-refractivity contribution in [3.05, 3.63) is 69.8 Å². The summed E-state index contributed by atoms with van der Waals surface area (Å²) in [5.74, 6) is 0.378. The number of hydrogen-bond acceptors (Lipinski definition) is 4. The van der Waals surface area contributed by atoms with Crippen LogP contribution in [0, 0.1) is 5.92 Å². The van der Waals surface area contributed by atoms with Crippen molar-refractivity contribution in [3.8, 4) is 0 Å². The Balaban J connectivity index is 1.56. The van der Waals surface area contributed by atoms with Gasteiger partial charge in [-0.3, -0.25) is 10.2 Å². The molecule has 1 spiro atoms. The molecular weight excluding hydrogens is 366 g/mol. The molecule has 2 unspecified atom stereocenters. The number of nitrogens with one attached hydrogen (secondary N) is 2. The van der Waals surface area contributed by atoms with Gasteiger partial charge in [-0.15, -0.1) is 0 Å². The van der Waals surface area contributed by atoms with Crippen LogP contribution >= 0.6 is 23.4 Å². The summed E-state index contributed by atoms with van der Waals surface area (Å²) in [6, 6.07) is 11.7. The summed E-state index contributed by atoms with van der Waals surface area (Å²) in [5.41, 5.74) is 8.31. The number of nitrogens with zero attached hydrogens (tertiary/aromatic N) is 1. The summed E-state index contributed by atoms with van der Waals surface area (Å²) < 4.78 is 0. The van der Waals surface area contributed by atoms with Crippen LogP contribution in [0.3, 0.4) is 0 Å². The first-order chi connectivity index (χ1) is 12.6. The molecule has 0 radical (unpaired) electrons. The Morgan fingerprint density at radius 1 is 1.31 bits per heavy atom. The summed E-state index contributed by atoms with van der Waals surface area (Å²) in [7, 11) is 0. The number of carbonyl (C=O) groups excluding carboxylic acids is 1. The molecule has 2 heterocycles. The molecule has 130 valence electrons. The van der Waals surface area contributed by atoms with Gasteiger partial charge in [-0.2, -0.15) is 5.10 Å². The molecule has 0 fully saturated rings. The van der Waals surface area contributed by atoms with E-state index in [4.69, 9.17) is 11.6 Å². The van der Waals surface area contributed by atoms with Crippen molar-refractivity contribution < 1.29 is 4.79 Å². The van der Waals surface area contributed by atoms with Crippen LogP contribution in [0.15, 0.2) is 47.6 Å². The van der Waals surface area contributed by atoms with E-state index in [2.05, 4.69) is 47.1 Å². The predicted molar refractivity (Wildman–Crippen MR) is 107 cm³/mol. The molecule has 1 aliphatic carbocycles. The van der Waals surface area contributed by atoms with Crippen molar-refractivity contribution in [1.29, 1.82) is 0 Å². The van der Waals surface area contributed by atoms with Crippen LogP contribution in [0.2, 0.25) is 5.02 Å². The summed E-state index contributed by atoms with van der Waals surface area (Å²) >= 11 is 7.63. The Morgan fingerprint density at radius 3 is 3.08 bits per heavy atom. The molecule has 1 amide bonds. The SMILES string of the molecule is CC1C=Cc2cccc(C3=NNC4(S3)C(=O)Nc3ccc(Cl)cc34)c2C1. The first kappa shape index (κ1) is 16.0. The van der Waals surface area contributed by atoms with E-state index in [1.54, 1.807) is 6.07 Å². The number of amides is 1. The van der Waals surface area contributed by atoms with E-state index in [-0.39, 0.29) is 5.91 Å². The van der Waals surface area contributed by atoms with Gasteiger partial charge in [-0.05, 0) is 41.7 Å². The molecular formula is C20H16ClN3OS. The second kappa shape index (κ2) is 5.63. The third-order valence-electron chi connectivity index (χ3n) is 5.07. The fourth-order valence-corrected chi connectivity index (χ4v) is 5.11. The van der Waals surface area contributed by atoms with Gasteiger partial charge in [0.25, 0.3) is 5.91 Å². The molecule has 26 heavy (non-hydrogen) atoms. The molecule has 4 nitrogen and oxygen atoms in total. The van der Waals surface area contributed by atoms with Gasteiger partial charge in [0.2, 0.25) is 4.87 Å². The van der Waals surface area contributed by atoms with Crippen molar-refractivity contribution in [1.82, 2.24) is 5.43 Å². The number of thioether (sulfide) groups is 1. The van der Waals surface area contributed by atoms with Crippen LogP contribution in [-0.2, 0) is 16.1 Å². The maximum Gasteiger partial charge on any atom is 0.267 e. The van der Waals surface area contributed by atoms with Crippen LogP contribution in [-0.4, -0.2) is 11.0 Å². The zero-order valence-electron chi connectivity index (χ0n) is 14.0. The van der Waals surface area contributed by atoms with E-state index in [1.807, 2.05) is 18.2 Å². The first-order valence-electron chi connectivity index (χ1n) is 8.53. The average Bonchev–Trinajstić information content (AvgIpc) is 3.19. The van der Waals surface area contributed by atoms with E-state index in [0.717, 1.165) is 28.3 Å². The molecule has 0 aromatic heterocycles. The van der Waals surface area contributed by atoms with Crippen LogP contribution in [0.5, 0.6) is 0 Å². The smallest absolute Gasteiger partial charge is 0.267 e. The number of rotatable bonds is 1. The maximum atomic E-state index is 12.8. The Labute approximate surface area is 160 Å². The van der Waals surface area contributed by atoms with E-state index in [0.29, 0.717) is 10.9 Å². The number of anilines is 1. The Bertz CT molecular complexity index is 1020. The molecule has 2 atom stereocenters. The topological polar surface area (TPSA) is 53.5 Å². The first-order valence-corrected chi connectivity index (χ1v) is 9.72. The summed E-state index contributed by atoms with van der Waals surface area (Å²) in [6.45, 7) is 2.21. The largest absolute Gasteiger partial charge is 0.323 e. The van der Waals surface area contributed by atoms with E-state index in [1.165, 1.54) is 22.9 Å². The highest BCUT2D eigenvalue weighted by Crippen LogP contribution is 2.49. The summed E-state index contributed by atoms with van der Waals surface area (Å²) in [4.78, 5) is 11.8. The third kappa shape index (κ3) is 2.24. The lowest BCUT2D eigenvalue weighted by Crippen LogP contribution is -2.39. The van der Waals surface area contributed by atoms with Gasteiger partial charge in [0.1, 0.15) is 5.04 Å². The molecule has 2 N–H and O–H groups in total. The van der Waals surface area contributed by atoms with Gasteiger partial charge in [0, 0.05) is 21.8 Å². The fraction of sp³-hybridized carbons (Fsp3) is 0.200. The number of carbonyl (C=O) groups is 1. The normalized spacial score (nSPS) is 25.5. The monoisotopic (exact) mass is 381 g/mol. The molecule has 0 saturated carbocycles. The number of allylic oxidation sites excluding steroid dienone is 1. The third-order valence-corrected chi connectivity index (χ3v) is 6.61. The van der Waals surface area contributed by atoms with Crippen molar-refractivity contribution in [2.45, 2.75) is 18.2 Å². The highest BCUT2D eigenvalue weighted by atomic mass is 35.5. The Hall–Kier alpha value is -2.24. The standard InChI is InChI=1S/C20H16ClN3OS/c1-11-5-6-12-3-2-4-14(15(12)9-11)18-23-24-20(26-18)16-10-13(21)7-8-17(16)22-19(20)25/h2-8,10-11,24H,9H2,1H3,(H,22,25). The number of benzene rings is 2. The van der Waals surface area contributed by atoms with E-state index >= 15 is 0 Å². The zero-order chi connectivity index (χ0) is 17.9. The molecule has 0 saturated heterocycles. The number of halogens is 1. The molecule has 3 aliphatic rings. The molecule has 2 aromatic rings. The van der Waals surface area contributed by atoms with Gasteiger partial charge >= 0.3 is 0 Å². The summed E-state index contributed by atoms with van der Waals surface area (Å²) in [6.07, 6.45) is 5.38. The number of hydrogen-bond donors (Lipinski definition) is 2. The Kier molecular flexibility index (Phi) is 3.46. The molecule has 2 aliphatic heterocycles.